The van der Waals surface area contributed by atoms with Crippen molar-refractivity contribution in [2.45, 2.75) is 37.0 Å². The minimum absolute atomic E-state index is 0.106. The van der Waals surface area contributed by atoms with Crippen LogP contribution in [0.15, 0.2) is 34.5 Å². The first-order valence-corrected chi connectivity index (χ1v) is 7.97. The highest BCUT2D eigenvalue weighted by molar-refractivity contribution is 7.98. The minimum Gasteiger partial charge on any atom is -0.324 e. The lowest BCUT2D eigenvalue weighted by molar-refractivity contribution is 0.817. The van der Waals surface area contributed by atoms with Crippen LogP contribution in [-0.4, -0.2) is 4.98 Å². The first-order chi connectivity index (χ1) is 8.69. The van der Waals surface area contributed by atoms with E-state index in [9.17, 15) is 0 Å². The molecule has 1 aromatic carbocycles. The Bertz CT molecular complexity index is 489. The number of thiazole rings is 1. The monoisotopic (exact) mass is 278 g/mol. The van der Waals surface area contributed by atoms with Crippen LogP contribution in [0.25, 0.3) is 0 Å². The highest BCUT2D eigenvalue weighted by Gasteiger charge is 2.03. The Balaban J connectivity index is 1.93. The maximum Gasteiger partial charge on any atom is 0.0925 e. The molecular formula is C14H18N2S2. The molecule has 1 unspecified atom stereocenters. The molecule has 0 amide bonds. The first kappa shape index (κ1) is 13.6. The van der Waals surface area contributed by atoms with Gasteiger partial charge in [0.25, 0.3) is 0 Å². The molecule has 0 saturated carbocycles. The Morgan fingerprint density at radius 3 is 2.61 bits per heavy atom. The van der Waals surface area contributed by atoms with Crippen molar-refractivity contribution in [3.63, 3.8) is 0 Å². The predicted octanol–water partition coefficient (Wildman–Crippen LogP) is 4.02. The third kappa shape index (κ3) is 3.57. The summed E-state index contributed by atoms with van der Waals surface area (Å²) in [6.07, 6.45) is 1.03. The summed E-state index contributed by atoms with van der Waals surface area (Å²) in [5, 5.41) is 3.38. The topological polar surface area (TPSA) is 38.9 Å². The van der Waals surface area contributed by atoms with Gasteiger partial charge in [-0.3, -0.25) is 0 Å². The number of rotatable bonds is 5. The van der Waals surface area contributed by atoms with Gasteiger partial charge in [0, 0.05) is 22.1 Å². The predicted molar refractivity (Wildman–Crippen MR) is 80.1 cm³/mol. The van der Waals surface area contributed by atoms with E-state index >= 15 is 0 Å². The number of thioether (sulfide) groups is 1. The molecule has 2 aromatic rings. The molecule has 0 spiro atoms. The molecule has 0 aliphatic rings. The molecule has 2 nitrogen and oxygen atoms in total. The number of aromatic nitrogens is 1. The molecule has 0 fully saturated rings. The van der Waals surface area contributed by atoms with Crippen molar-refractivity contribution in [3.05, 3.63) is 45.9 Å². The van der Waals surface area contributed by atoms with E-state index in [-0.39, 0.29) is 6.04 Å². The second-order valence-corrected chi connectivity index (χ2v) is 6.22. The van der Waals surface area contributed by atoms with Gasteiger partial charge in [0.2, 0.25) is 0 Å². The van der Waals surface area contributed by atoms with Crippen molar-refractivity contribution in [1.29, 1.82) is 0 Å². The van der Waals surface area contributed by atoms with Crippen LogP contribution < -0.4 is 5.73 Å². The van der Waals surface area contributed by atoms with Crippen LogP contribution in [0.2, 0.25) is 0 Å². The van der Waals surface area contributed by atoms with Gasteiger partial charge in [-0.25, -0.2) is 4.98 Å². The summed E-state index contributed by atoms with van der Waals surface area (Å²) < 4.78 is 0. The molecule has 96 valence electrons. The van der Waals surface area contributed by atoms with E-state index in [0.29, 0.717) is 0 Å². The van der Waals surface area contributed by atoms with Crippen LogP contribution in [0, 0.1) is 0 Å². The summed E-state index contributed by atoms with van der Waals surface area (Å²) in [4.78, 5) is 5.84. The van der Waals surface area contributed by atoms with Gasteiger partial charge in [-0.2, -0.15) is 0 Å². The van der Waals surface area contributed by atoms with E-state index in [4.69, 9.17) is 5.73 Å². The number of nitrogens with zero attached hydrogens (tertiary/aromatic N) is 1. The smallest absolute Gasteiger partial charge is 0.0925 e. The first-order valence-electron chi connectivity index (χ1n) is 6.10. The molecule has 2 N–H and O–H groups in total. The van der Waals surface area contributed by atoms with Crippen molar-refractivity contribution in [2.24, 2.45) is 5.73 Å². The van der Waals surface area contributed by atoms with Crippen molar-refractivity contribution < 1.29 is 0 Å². The van der Waals surface area contributed by atoms with E-state index in [0.717, 1.165) is 12.2 Å². The fourth-order valence-electron chi connectivity index (χ4n) is 1.60. The summed E-state index contributed by atoms with van der Waals surface area (Å²) in [7, 11) is 0. The normalized spacial score (nSPS) is 12.6. The molecule has 0 aliphatic heterocycles. The Labute approximate surface area is 117 Å². The molecule has 1 atom stereocenters. The van der Waals surface area contributed by atoms with Crippen LogP contribution in [0.4, 0.5) is 0 Å². The van der Waals surface area contributed by atoms with Gasteiger partial charge in [-0.15, -0.1) is 23.1 Å². The molecule has 1 aromatic heterocycles. The third-order valence-corrected chi connectivity index (χ3v) is 4.78. The van der Waals surface area contributed by atoms with Gasteiger partial charge in [0.1, 0.15) is 0 Å². The number of aryl methyl sites for hydroxylation is 1. The summed E-state index contributed by atoms with van der Waals surface area (Å²) >= 11 is 3.57. The average molecular weight is 278 g/mol. The Morgan fingerprint density at radius 2 is 2.06 bits per heavy atom. The lowest BCUT2D eigenvalue weighted by atomic mass is 10.1. The second-order valence-electron chi connectivity index (χ2n) is 4.23. The summed E-state index contributed by atoms with van der Waals surface area (Å²) in [6.45, 7) is 4.15. The minimum atomic E-state index is 0.106. The van der Waals surface area contributed by atoms with E-state index in [1.54, 1.807) is 11.3 Å². The molecule has 0 aliphatic carbocycles. The van der Waals surface area contributed by atoms with Crippen LogP contribution in [0.3, 0.4) is 0 Å². The van der Waals surface area contributed by atoms with Gasteiger partial charge in [0.15, 0.2) is 0 Å². The maximum absolute atomic E-state index is 5.83. The standard InChI is InChI=1S/C14H18N2S2/c1-3-14-16-12(9-18-14)8-17-13-6-4-11(5-7-13)10(2)15/h4-7,9-10H,3,8,15H2,1-2H3. The molecular weight excluding hydrogens is 260 g/mol. The van der Waals surface area contributed by atoms with Gasteiger partial charge in [-0.1, -0.05) is 19.1 Å². The van der Waals surface area contributed by atoms with Crippen molar-refractivity contribution in [1.82, 2.24) is 4.98 Å². The second kappa shape index (κ2) is 6.36. The molecule has 4 heteroatoms. The zero-order chi connectivity index (χ0) is 13.0. The quantitative estimate of drug-likeness (QED) is 0.840. The molecule has 0 saturated heterocycles. The summed E-state index contributed by atoms with van der Waals surface area (Å²) in [5.41, 5.74) is 8.19. The lowest BCUT2D eigenvalue weighted by Crippen LogP contribution is -2.04. The van der Waals surface area contributed by atoms with E-state index in [1.165, 1.54) is 21.2 Å². The zero-order valence-corrected chi connectivity index (χ0v) is 12.4. The number of hydrogen-bond acceptors (Lipinski definition) is 4. The van der Waals surface area contributed by atoms with Crippen LogP contribution in [0.1, 0.15) is 36.2 Å². The van der Waals surface area contributed by atoms with Gasteiger partial charge < -0.3 is 5.73 Å². The largest absolute Gasteiger partial charge is 0.324 e. The third-order valence-electron chi connectivity index (χ3n) is 2.69. The molecule has 18 heavy (non-hydrogen) atoms. The molecule has 2 rings (SSSR count). The molecule has 0 bridgehead atoms. The van der Waals surface area contributed by atoms with Crippen LogP contribution >= 0.6 is 23.1 Å². The Kier molecular flexibility index (Phi) is 4.80. The van der Waals surface area contributed by atoms with Gasteiger partial charge >= 0.3 is 0 Å². The fraction of sp³-hybridized carbons (Fsp3) is 0.357. The van der Waals surface area contributed by atoms with E-state index in [1.807, 2.05) is 18.7 Å². The number of nitrogens with two attached hydrogens (primary N) is 1. The van der Waals surface area contributed by atoms with E-state index < -0.39 is 0 Å². The van der Waals surface area contributed by atoms with Gasteiger partial charge in [-0.05, 0) is 31.0 Å². The van der Waals surface area contributed by atoms with Crippen molar-refractivity contribution >= 4 is 23.1 Å². The Hall–Kier alpha value is -0.840. The zero-order valence-electron chi connectivity index (χ0n) is 10.7. The van der Waals surface area contributed by atoms with E-state index in [2.05, 4.69) is 41.6 Å². The summed E-state index contributed by atoms with van der Waals surface area (Å²) in [6, 6.07) is 8.58. The Morgan fingerprint density at radius 1 is 1.33 bits per heavy atom. The number of benzene rings is 1. The fourth-order valence-corrected chi connectivity index (χ4v) is 3.24. The maximum atomic E-state index is 5.83. The number of hydrogen-bond donors (Lipinski definition) is 1. The molecule has 0 radical (unpaired) electrons. The highest BCUT2D eigenvalue weighted by atomic mass is 32.2. The van der Waals surface area contributed by atoms with Crippen molar-refractivity contribution in [2.75, 3.05) is 0 Å². The average Bonchev–Trinajstić information content (AvgIpc) is 2.85. The van der Waals surface area contributed by atoms with Crippen LogP contribution in [-0.2, 0) is 12.2 Å². The highest BCUT2D eigenvalue weighted by Crippen LogP contribution is 2.25. The SMILES string of the molecule is CCc1nc(CSc2ccc(C(C)N)cc2)cs1. The van der Waals surface area contributed by atoms with Gasteiger partial charge in [0.05, 0.1) is 10.7 Å². The summed E-state index contributed by atoms with van der Waals surface area (Å²) in [5.74, 6) is 0.939. The lowest BCUT2D eigenvalue weighted by Gasteiger charge is -2.06. The van der Waals surface area contributed by atoms with Crippen LogP contribution in [0.5, 0.6) is 0 Å². The molecule has 1 heterocycles. The van der Waals surface area contributed by atoms with Crippen molar-refractivity contribution in [3.8, 4) is 0 Å².